The van der Waals surface area contributed by atoms with E-state index in [2.05, 4.69) is 5.32 Å². The number of halogens is 3. The predicted octanol–water partition coefficient (Wildman–Crippen LogP) is 3.90. The van der Waals surface area contributed by atoms with Gasteiger partial charge in [0, 0.05) is 19.1 Å². The lowest BCUT2D eigenvalue weighted by molar-refractivity contribution is -0.138. The molecule has 3 rings (SSSR count). The van der Waals surface area contributed by atoms with Crippen molar-refractivity contribution in [2.75, 3.05) is 26.3 Å². The number of likely N-dealkylation sites (tertiary alicyclic amines) is 1. The van der Waals surface area contributed by atoms with Gasteiger partial charge in [0.1, 0.15) is 0 Å². The van der Waals surface area contributed by atoms with Crippen LogP contribution in [-0.4, -0.2) is 49.1 Å². The second kappa shape index (κ2) is 10.4. The Labute approximate surface area is 184 Å². The Morgan fingerprint density at radius 3 is 2.22 bits per heavy atom. The van der Waals surface area contributed by atoms with Gasteiger partial charge >= 0.3 is 6.18 Å². The van der Waals surface area contributed by atoms with E-state index in [-0.39, 0.29) is 18.6 Å². The SMILES string of the molecule is CCOc1ccccc1OCC(=O)N1CCC(NC(=O)c2ccccc2C(F)(F)F)CC1. The summed E-state index contributed by atoms with van der Waals surface area (Å²) in [6, 6.07) is 11.5. The molecule has 6 nitrogen and oxygen atoms in total. The first-order chi connectivity index (χ1) is 15.3. The maximum absolute atomic E-state index is 13.1. The van der Waals surface area contributed by atoms with E-state index in [1.165, 1.54) is 12.1 Å². The maximum Gasteiger partial charge on any atom is 0.417 e. The molecule has 0 aromatic heterocycles. The summed E-state index contributed by atoms with van der Waals surface area (Å²) in [5.41, 5.74) is -1.37. The summed E-state index contributed by atoms with van der Waals surface area (Å²) in [4.78, 5) is 26.5. The first-order valence-corrected chi connectivity index (χ1v) is 10.4. The first kappa shape index (κ1) is 23.4. The number of nitrogens with zero attached hydrogens (tertiary/aromatic N) is 1. The minimum Gasteiger partial charge on any atom is -0.490 e. The van der Waals surface area contributed by atoms with E-state index in [0.717, 1.165) is 12.1 Å². The second-order valence-electron chi connectivity index (χ2n) is 7.34. The van der Waals surface area contributed by atoms with Crippen LogP contribution in [0.2, 0.25) is 0 Å². The lowest BCUT2D eigenvalue weighted by atomic mass is 10.0. The molecule has 32 heavy (non-hydrogen) atoms. The van der Waals surface area contributed by atoms with Gasteiger partial charge in [-0.15, -0.1) is 0 Å². The molecule has 172 valence electrons. The van der Waals surface area contributed by atoms with Gasteiger partial charge in [-0.2, -0.15) is 13.2 Å². The molecule has 0 atom stereocenters. The molecule has 2 aromatic carbocycles. The number of carbonyl (C=O) groups excluding carboxylic acids is 2. The number of alkyl halides is 3. The van der Waals surface area contributed by atoms with Crippen molar-refractivity contribution in [3.05, 3.63) is 59.7 Å². The molecule has 1 saturated heterocycles. The number of hydrogen-bond acceptors (Lipinski definition) is 4. The maximum atomic E-state index is 13.1. The van der Waals surface area contributed by atoms with Gasteiger partial charge in [-0.1, -0.05) is 24.3 Å². The van der Waals surface area contributed by atoms with Crippen LogP contribution >= 0.6 is 0 Å². The van der Waals surface area contributed by atoms with Crippen LogP contribution in [0.3, 0.4) is 0 Å². The highest BCUT2D eigenvalue weighted by atomic mass is 19.4. The molecule has 9 heteroatoms. The molecule has 0 aliphatic carbocycles. The van der Waals surface area contributed by atoms with E-state index < -0.39 is 23.2 Å². The van der Waals surface area contributed by atoms with Crippen LogP contribution in [0.5, 0.6) is 11.5 Å². The fourth-order valence-electron chi connectivity index (χ4n) is 3.54. The quantitative estimate of drug-likeness (QED) is 0.695. The van der Waals surface area contributed by atoms with E-state index in [9.17, 15) is 22.8 Å². The third-order valence-electron chi connectivity index (χ3n) is 5.16. The standard InChI is InChI=1S/C23H25F3N2O4/c1-2-31-19-9-5-6-10-20(19)32-15-21(29)28-13-11-16(12-14-28)27-22(30)17-7-3-4-8-18(17)23(24,25)26/h3-10,16H,2,11-15H2,1H3,(H,27,30). The number of amides is 2. The van der Waals surface area contributed by atoms with Gasteiger partial charge in [0.2, 0.25) is 0 Å². The van der Waals surface area contributed by atoms with Crippen LogP contribution in [0.15, 0.2) is 48.5 Å². The highest BCUT2D eigenvalue weighted by molar-refractivity contribution is 5.96. The molecule has 0 bridgehead atoms. The minimum atomic E-state index is -4.61. The third-order valence-corrected chi connectivity index (χ3v) is 5.16. The zero-order valence-electron chi connectivity index (χ0n) is 17.7. The number of rotatable bonds is 7. The van der Waals surface area contributed by atoms with E-state index in [0.29, 0.717) is 44.0 Å². The van der Waals surface area contributed by atoms with E-state index >= 15 is 0 Å². The molecule has 0 spiro atoms. The van der Waals surface area contributed by atoms with Crippen molar-refractivity contribution in [2.24, 2.45) is 0 Å². The molecule has 0 unspecified atom stereocenters. The van der Waals surface area contributed by atoms with Crippen LogP contribution in [-0.2, 0) is 11.0 Å². The van der Waals surface area contributed by atoms with Gasteiger partial charge in [0.25, 0.3) is 11.8 Å². The summed E-state index contributed by atoms with van der Waals surface area (Å²) >= 11 is 0. The lowest BCUT2D eigenvalue weighted by Crippen LogP contribution is -2.47. The summed E-state index contributed by atoms with van der Waals surface area (Å²) in [6.07, 6.45) is -3.72. The van der Waals surface area contributed by atoms with Gasteiger partial charge in [0.15, 0.2) is 18.1 Å². The smallest absolute Gasteiger partial charge is 0.417 e. The molecule has 2 amide bonds. The largest absolute Gasteiger partial charge is 0.490 e. The fourth-order valence-corrected chi connectivity index (χ4v) is 3.54. The first-order valence-electron chi connectivity index (χ1n) is 10.4. The second-order valence-corrected chi connectivity index (χ2v) is 7.34. The van der Waals surface area contributed by atoms with Gasteiger partial charge in [-0.25, -0.2) is 0 Å². The molecule has 1 aliphatic heterocycles. The highest BCUT2D eigenvalue weighted by Crippen LogP contribution is 2.32. The average Bonchev–Trinajstić information content (AvgIpc) is 2.78. The summed E-state index contributed by atoms with van der Waals surface area (Å²) in [7, 11) is 0. The normalized spacial score (nSPS) is 14.7. The van der Waals surface area contributed by atoms with E-state index in [4.69, 9.17) is 9.47 Å². The Kier molecular flexibility index (Phi) is 7.61. The molecule has 1 heterocycles. The van der Waals surface area contributed by atoms with Gasteiger partial charge < -0.3 is 19.7 Å². The van der Waals surface area contributed by atoms with Crippen molar-refractivity contribution in [3.8, 4) is 11.5 Å². The molecule has 0 saturated carbocycles. The molecular formula is C23H25F3N2O4. The van der Waals surface area contributed by atoms with Gasteiger partial charge in [-0.05, 0) is 44.0 Å². The van der Waals surface area contributed by atoms with Crippen molar-refractivity contribution >= 4 is 11.8 Å². The topological polar surface area (TPSA) is 67.9 Å². The zero-order valence-corrected chi connectivity index (χ0v) is 17.7. The van der Waals surface area contributed by atoms with Crippen LogP contribution < -0.4 is 14.8 Å². The van der Waals surface area contributed by atoms with Crippen LogP contribution in [0, 0.1) is 0 Å². The number of ether oxygens (including phenoxy) is 2. The monoisotopic (exact) mass is 450 g/mol. The van der Waals surface area contributed by atoms with Crippen molar-refractivity contribution in [2.45, 2.75) is 32.0 Å². The Balaban J connectivity index is 1.50. The minimum absolute atomic E-state index is 0.153. The number of carbonyl (C=O) groups is 2. The summed E-state index contributed by atoms with van der Waals surface area (Å²) in [5, 5.41) is 2.66. The fraction of sp³-hybridized carbons (Fsp3) is 0.391. The van der Waals surface area contributed by atoms with E-state index in [1.54, 1.807) is 23.1 Å². The molecule has 1 fully saturated rings. The molecule has 1 aliphatic rings. The Morgan fingerprint density at radius 2 is 1.59 bits per heavy atom. The summed E-state index contributed by atoms with van der Waals surface area (Å²) in [5.74, 6) is 0.0681. The van der Waals surface area contributed by atoms with Crippen molar-refractivity contribution in [1.29, 1.82) is 0 Å². The molecule has 1 N–H and O–H groups in total. The zero-order chi connectivity index (χ0) is 23.1. The summed E-state index contributed by atoms with van der Waals surface area (Å²) < 4.78 is 50.5. The third kappa shape index (κ3) is 5.93. The van der Waals surface area contributed by atoms with E-state index in [1.807, 2.05) is 13.0 Å². The summed E-state index contributed by atoms with van der Waals surface area (Å²) in [6.45, 7) is 2.93. The predicted molar refractivity (Wildman–Crippen MR) is 112 cm³/mol. The molecule has 2 aromatic rings. The molecule has 0 radical (unpaired) electrons. The number of hydrogen-bond donors (Lipinski definition) is 1. The highest BCUT2D eigenvalue weighted by Gasteiger charge is 2.35. The van der Waals surface area contributed by atoms with Crippen molar-refractivity contribution < 1.29 is 32.2 Å². The van der Waals surface area contributed by atoms with Crippen LogP contribution in [0.1, 0.15) is 35.7 Å². The van der Waals surface area contributed by atoms with Crippen molar-refractivity contribution in [1.82, 2.24) is 10.2 Å². The Hall–Kier alpha value is -3.23. The van der Waals surface area contributed by atoms with Crippen molar-refractivity contribution in [3.63, 3.8) is 0 Å². The molecular weight excluding hydrogens is 425 g/mol. The number of para-hydroxylation sites is 2. The average molecular weight is 450 g/mol. The van der Waals surface area contributed by atoms with Crippen LogP contribution in [0.25, 0.3) is 0 Å². The number of nitrogens with one attached hydrogen (secondary N) is 1. The number of benzene rings is 2. The van der Waals surface area contributed by atoms with Gasteiger partial charge in [-0.3, -0.25) is 9.59 Å². The number of piperidine rings is 1. The Bertz CT molecular complexity index is 941. The lowest BCUT2D eigenvalue weighted by Gasteiger charge is -2.32. The Morgan fingerprint density at radius 1 is 1.00 bits per heavy atom. The van der Waals surface area contributed by atoms with Crippen LogP contribution in [0.4, 0.5) is 13.2 Å². The van der Waals surface area contributed by atoms with Gasteiger partial charge in [0.05, 0.1) is 17.7 Å².